The van der Waals surface area contributed by atoms with E-state index in [1.807, 2.05) is 60.4 Å². The fourth-order valence-corrected chi connectivity index (χ4v) is 4.50. The SMILES string of the molecule is O=C(Cc1c[nH]c2ccccc12)NC1CCSc2ccc(Cl)cc21. The molecule has 0 radical (unpaired) electrons. The molecule has 4 rings (SSSR count). The lowest BCUT2D eigenvalue weighted by Gasteiger charge is -2.26. The summed E-state index contributed by atoms with van der Waals surface area (Å²) in [7, 11) is 0. The van der Waals surface area contributed by atoms with E-state index in [0.29, 0.717) is 11.4 Å². The predicted octanol–water partition coefficient (Wildman–Crippen LogP) is 4.72. The Hall–Kier alpha value is -1.91. The number of hydrogen-bond acceptors (Lipinski definition) is 2. The normalized spacial score (nSPS) is 16.8. The zero-order chi connectivity index (χ0) is 16.5. The van der Waals surface area contributed by atoms with Gasteiger partial charge in [0.15, 0.2) is 0 Å². The zero-order valence-electron chi connectivity index (χ0n) is 13.0. The van der Waals surface area contributed by atoms with E-state index < -0.39 is 0 Å². The molecular weight excluding hydrogens is 340 g/mol. The Morgan fingerprint density at radius 1 is 1.29 bits per heavy atom. The van der Waals surface area contributed by atoms with Crippen molar-refractivity contribution in [3.8, 4) is 0 Å². The molecule has 1 aromatic heterocycles. The minimum atomic E-state index is 0.0395. The van der Waals surface area contributed by atoms with Gasteiger partial charge in [-0.15, -0.1) is 11.8 Å². The Bertz CT molecular complexity index is 905. The van der Waals surface area contributed by atoms with Gasteiger partial charge in [0.25, 0.3) is 0 Å². The smallest absolute Gasteiger partial charge is 0.224 e. The maximum absolute atomic E-state index is 12.6. The second kappa shape index (κ2) is 6.54. The van der Waals surface area contributed by atoms with E-state index in [1.54, 1.807) is 0 Å². The summed E-state index contributed by atoms with van der Waals surface area (Å²) in [5.74, 6) is 1.05. The van der Waals surface area contributed by atoms with Crippen LogP contribution in [0.15, 0.2) is 53.6 Å². The van der Waals surface area contributed by atoms with E-state index in [9.17, 15) is 4.79 Å². The lowest BCUT2D eigenvalue weighted by atomic mass is 10.0. The highest BCUT2D eigenvalue weighted by Gasteiger charge is 2.23. The number of nitrogens with one attached hydrogen (secondary N) is 2. The van der Waals surface area contributed by atoms with E-state index in [-0.39, 0.29) is 11.9 Å². The molecule has 2 aromatic carbocycles. The Kier molecular flexibility index (Phi) is 4.25. The lowest BCUT2D eigenvalue weighted by Crippen LogP contribution is -2.31. The van der Waals surface area contributed by atoms with E-state index in [0.717, 1.165) is 34.2 Å². The summed E-state index contributed by atoms with van der Waals surface area (Å²) < 4.78 is 0. The maximum Gasteiger partial charge on any atom is 0.224 e. The van der Waals surface area contributed by atoms with Gasteiger partial charge in [-0.05, 0) is 41.8 Å². The highest BCUT2D eigenvalue weighted by molar-refractivity contribution is 7.99. The molecule has 3 aromatic rings. The van der Waals surface area contributed by atoms with Crippen LogP contribution in [0.5, 0.6) is 0 Å². The molecule has 0 spiro atoms. The van der Waals surface area contributed by atoms with Crippen molar-refractivity contribution >= 4 is 40.2 Å². The molecule has 0 saturated carbocycles. The minimum absolute atomic E-state index is 0.0395. The summed E-state index contributed by atoms with van der Waals surface area (Å²) in [5.41, 5.74) is 3.22. The summed E-state index contributed by atoms with van der Waals surface area (Å²) in [6.07, 6.45) is 3.23. The number of fused-ring (bicyclic) bond motifs is 2. The first-order valence-corrected chi connectivity index (χ1v) is 9.33. The van der Waals surface area contributed by atoms with Crippen LogP contribution in [0.2, 0.25) is 5.02 Å². The number of H-pyrrole nitrogens is 1. The highest BCUT2D eigenvalue weighted by atomic mass is 35.5. The molecule has 2 N–H and O–H groups in total. The van der Waals surface area contributed by atoms with Gasteiger partial charge in [0, 0.05) is 32.8 Å². The Balaban J connectivity index is 1.52. The summed E-state index contributed by atoms with van der Waals surface area (Å²) in [6, 6.07) is 14.0. The molecule has 2 heterocycles. The third kappa shape index (κ3) is 3.04. The Labute approximate surface area is 149 Å². The lowest BCUT2D eigenvalue weighted by molar-refractivity contribution is -0.121. The number of amides is 1. The van der Waals surface area contributed by atoms with Crippen molar-refractivity contribution in [1.29, 1.82) is 0 Å². The Morgan fingerprint density at radius 3 is 3.08 bits per heavy atom. The van der Waals surface area contributed by atoms with Gasteiger partial charge >= 0.3 is 0 Å². The van der Waals surface area contributed by atoms with Crippen LogP contribution >= 0.6 is 23.4 Å². The number of aromatic nitrogens is 1. The molecule has 1 aliphatic rings. The first-order chi connectivity index (χ1) is 11.7. The van der Waals surface area contributed by atoms with Crippen molar-refractivity contribution in [2.24, 2.45) is 0 Å². The number of benzene rings is 2. The number of rotatable bonds is 3. The van der Waals surface area contributed by atoms with Crippen LogP contribution in [0.25, 0.3) is 10.9 Å². The van der Waals surface area contributed by atoms with Gasteiger partial charge in [0.1, 0.15) is 0 Å². The van der Waals surface area contributed by atoms with Crippen molar-refractivity contribution in [2.45, 2.75) is 23.8 Å². The van der Waals surface area contributed by atoms with E-state index in [4.69, 9.17) is 11.6 Å². The molecule has 1 unspecified atom stereocenters. The minimum Gasteiger partial charge on any atom is -0.361 e. The maximum atomic E-state index is 12.6. The molecule has 24 heavy (non-hydrogen) atoms. The van der Waals surface area contributed by atoms with Gasteiger partial charge in [0.05, 0.1) is 12.5 Å². The second-order valence-corrected chi connectivity index (χ2v) is 7.55. The van der Waals surface area contributed by atoms with Gasteiger partial charge in [-0.25, -0.2) is 0 Å². The number of hydrogen-bond donors (Lipinski definition) is 2. The molecule has 122 valence electrons. The van der Waals surface area contributed by atoms with Crippen LogP contribution in [0.3, 0.4) is 0 Å². The zero-order valence-corrected chi connectivity index (χ0v) is 14.6. The first-order valence-electron chi connectivity index (χ1n) is 7.97. The van der Waals surface area contributed by atoms with E-state index in [2.05, 4.69) is 10.3 Å². The first kappa shape index (κ1) is 15.6. The summed E-state index contributed by atoms with van der Waals surface area (Å²) in [4.78, 5) is 17.0. The van der Waals surface area contributed by atoms with Crippen molar-refractivity contribution in [3.63, 3.8) is 0 Å². The number of aromatic amines is 1. The fourth-order valence-electron chi connectivity index (χ4n) is 3.21. The third-order valence-corrected chi connectivity index (χ3v) is 5.73. The molecule has 1 amide bonds. The monoisotopic (exact) mass is 356 g/mol. The van der Waals surface area contributed by atoms with Crippen LogP contribution in [0, 0.1) is 0 Å². The average molecular weight is 357 g/mol. The van der Waals surface area contributed by atoms with Crippen molar-refractivity contribution in [1.82, 2.24) is 10.3 Å². The molecule has 1 atom stereocenters. The van der Waals surface area contributed by atoms with Crippen LogP contribution < -0.4 is 5.32 Å². The van der Waals surface area contributed by atoms with E-state index >= 15 is 0 Å². The van der Waals surface area contributed by atoms with E-state index in [1.165, 1.54) is 4.90 Å². The molecule has 3 nitrogen and oxygen atoms in total. The van der Waals surface area contributed by atoms with Crippen LogP contribution in [-0.4, -0.2) is 16.6 Å². The number of carbonyl (C=O) groups is 1. The molecular formula is C19H17ClN2OS. The fraction of sp³-hybridized carbons (Fsp3) is 0.211. The standard InChI is InChI=1S/C19H17ClN2OS/c20-13-5-6-18-15(10-13)17(7-8-24-18)22-19(23)9-12-11-21-16-4-2-1-3-14(12)16/h1-6,10-11,17,21H,7-9H2,(H,22,23). The molecule has 0 fully saturated rings. The third-order valence-electron chi connectivity index (χ3n) is 4.37. The summed E-state index contributed by atoms with van der Waals surface area (Å²) >= 11 is 7.95. The van der Waals surface area contributed by atoms with Gasteiger partial charge in [-0.1, -0.05) is 29.8 Å². The van der Waals surface area contributed by atoms with Gasteiger partial charge in [-0.3, -0.25) is 4.79 Å². The number of para-hydroxylation sites is 1. The molecule has 0 saturated heterocycles. The van der Waals surface area contributed by atoms with Gasteiger partial charge in [-0.2, -0.15) is 0 Å². The van der Waals surface area contributed by atoms with Crippen LogP contribution in [0.1, 0.15) is 23.6 Å². The Morgan fingerprint density at radius 2 is 2.17 bits per heavy atom. The van der Waals surface area contributed by atoms with Crippen molar-refractivity contribution in [3.05, 3.63) is 64.8 Å². The number of thioether (sulfide) groups is 1. The number of halogens is 1. The summed E-state index contributed by atoms with van der Waals surface area (Å²) in [6.45, 7) is 0. The molecule has 0 bridgehead atoms. The molecule has 0 aliphatic carbocycles. The molecule has 5 heteroatoms. The molecule has 1 aliphatic heterocycles. The quantitative estimate of drug-likeness (QED) is 0.713. The second-order valence-electron chi connectivity index (χ2n) is 5.98. The van der Waals surface area contributed by atoms with Crippen molar-refractivity contribution in [2.75, 3.05) is 5.75 Å². The highest BCUT2D eigenvalue weighted by Crippen LogP contribution is 2.37. The number of carbonyl (C=O) groups excluding carboxylic acids is 1. The van der Waals surface area contributed by atoms with Gasteiger partial charge < -0.3 is 10.3 Å². The van der Waals surface area contributed by atoms with Crippen LogP contribution in [0.4, 0.5) is 0 Å². The largest absolute Gasteiger partial charge is 0.361 e. The topological polar surface area (TPSA) is 44.9 Å². The predicted molar refractivity (Wildman–Crippen MR) is 99.7 cm³/mol. The van der Waals surface area contributed by atoms with Crippen molar-refractivity contribution < 1.29 is 4.79 Å². The van der Waals surface area contributed by atoms with Gasteiger partial charge in [0.2, 0.25) is 5.91 Å². The summed E-state index contributed by atoms with van der Waals surface area (Å²) in [5, 5.41) is 5.00. The van der Waals surface area contributed by atoms with Crippen LogP contribution in [-0.2, 0) is 11.2 Å². The average Bonchev–Trinajstić information content (AvgIpc) is 2.98.